The maximum Gasteiger partial charge on any atom is 0.230 e. The quantitative estimate of drug-likeness (QED) is 0.849. The second-order valence-corrected chi connectivity index (χ2v) is 7.07. The van der Waals surface area contributed by atoms with Gasteiger partial charge in [-0.25, -0.2) is 0 Å². The molecule has 4 heteroatoms. The van der Waals surface area contributed by atoms with Crippen LogP contribution < -0.4 is 10.6 Å². The maximum absolute atomic E-state index is 12.8. The van der Waals surface area contributed by atoms with Gasteiger partial charge in [0.05, 0.1) is 5.41 Å². The maximum atomic E-state index is 12.8. The first-order valence-corrected chi connectivity index (χ1v) is 9.05. The summed E-state index contributed by atoms with van der Waals surface area (Å²) in [5, 5.41) is 7.13. The fourth-order valence-electron chi connectivity index (χ4n) is 2.93. The lowest BCUT2D eigenvalue weighted by atomic mass is 9.72. The average molecular weight is 306 g/mol. The van der Waals surface area contributed by atoms with Crippen molar-refractivity contribution in [3.63, 3.8) is 0 Å². The minimum atomic E-state index is -0.352. The summed E-state index contributed by atoms with van der Waals surface area (Å²) >= 11 is 1.85. The van der Waals surface area contributed by atoms with Crippen LogP contribution in [0.25, 0.3) is 0 Å². The third-order valence-corrected chi connectivity index (χ3v) is 5.50. The number of thioether (sulfide) groups is 1. The van der Waals surface area contributed by atoms with Crippen LogP contribution in [-0.4, -0.2) is 37.0 Å². The molecule has 0 bridgehead atoms. The molecule has 3 nitrogen and oxygen atoms in total. The smallest absolute Gasteiger partial charge is 0.230 e. The fourth-order valence-corrected chi connectivity index (χ4v) is 3.29. The zero-order valence-corrected chi connectivity index (χ0v) is 13.8. The topological polar surface area (TPSA) is 41.1 Å². The van der Waals surface area contributed by atoms with Gasteiger partial charge in [-0.05, 0) is 44.2 Å². The Bertz CT molecular complexity index is 443. The zero-order chi connectivity index (χ0) is 15.1. The van der Waals surface area contributed by atoms with Gasteiger partial charge in [0.15, 0.2) is 0 Å². The molecule has 0 saturated carbocycles. The summed E-state index contributed by atoms with van der Waals surface area (Å²) in [6.07, 6.45) is 4.89. The van der Waals surface area contributed by atoms with Crippen molar-refractivity contribution in [2.24, 2.45) is 0 Å². The minimum absolute atomic E-state index is 0.198. The van der Waals surface area contributed by atoms with Crippen LogP contribution >= 0.6 is 11.8 Å². The van der Waals surface area contributed by atoms with Crippen molar-refractivity contribution < 1.29 is 4.79 Å². The summed E-state index contributed by atoms with van der Waals surface area (Å²) in [6, 6.07) is 10.3. The molecule has 0 aliphatic carbocycles. The Kier molecular flexibility index (Phi) is 6.12. The molecular formula is C17H26N2OS. The first-order valence-electron chi connectivity index (χ1n) is 7.76. The highest BCUT2D eigenvalue weighted by molar-refractivity contribution is 7.99. The van der Waals surface area contributed by atoms with E-state index in [9.17, 15) is 4.79 Å². The summed E-state index contributed by atoms with van der Waals surface area (Å²) in [7, 11) is 0. The fraction of sp³-hybridized carbons (Fsp3) is 0.588. The number of amides is 1. The molecule has 1 heterocycles. The van der Waals surface area contributed by atoms with E-state index in [2.05, 4.69) is 35.9 Å². The largest absolute Gasteiger partial charge is 0.355 e. The van der Waals surface area contributed by atoms with Gasteiger partial charge in [0.25, 0.3) is 0 Å². The van der Waals surface area contributed by atoms with Gasteiger partial charge in [-0.3, -0.25) is 4.79 Å². The Morgan fingerprint density at radius 2 is 2.00 bits per heavy atom. The predicted molar refractivity (Wildman–Crippen MR) is 90.8 cm³/mol. The molecule has 2 N–H and O–H groups in total. The summed E-state index contributed by atoms with van der Waals surface area (Å²) < 4.78 is 0. The number of benzene rings is 1. The van der Waals surface area contributed by atoms with Crippen molar-refractivity contribution in [3.05, 3.63) is 35.9 Å². The molecule has 21 heavy (non-hydrogen) atoms. The summed E-state index contributed by atoms with van der Waals surface area (Å²) in [6.45, 7) is 4.78. The van der Waals surface area contributed by atoms with E-state index in [1.165, 1.54) is 0 Å². The monoisotopic (exact) mass is 306 g/mol. The van der Waals surface area contributed by atoms with Crippen LogP contribution in [-0.2, 0) is 10.2 Å². The number of carbonyl (C=O) groups excluding carboxylic acids is 1. The first kappa shape index (κ1) is 16.4. The van der Waals surface area contributed by atoms with E-state index in [0.29, 0.717) is 5.25 Å². The van der Waals surface area contributed by atoms with Crippen LogP contribution in [0, 0.1) is 0 Å². The van der Waals surface area contributed by atoms with E-state index < -0.39 is 0 Å². The van der Waals surface area contributed by atoms with Crippen LogP contribution in [0.3, 0.4) is 0 Å². The van der Waals surface area contributed by atoms with Crippen LogP contribution in [0.15, 0.2) is 30.3 Å². The van der Waals surface area contributed by atoms with Gasteiger partial charge in [-0.1, -0.05) is 37.3 Å². The lowest BCUT2D eigenvalue weighted by molar-refractivity contribution is -0.127. The molecular weight excluding hydrogens is 280 g/mol. The third kappa shape index (κ3) is 4.01. The molecule has 1 aliphatic rings. The number of carbonyl (C=O) groups is 1. The number of piperidine rings is 1. The van der Waals surface area contributed by atoms with Crippen molar-refractivity contribution >= 4 is 17.7 Å². The Labute approximate surface area is 132 Å². The highest BCUT2D eigenvalue weighted by atomic mass is 32.2. The van der Waals surface area contributed by atoms with Gasteiger partial charge in [0.2, 0.25) is 5.91 Å². The molecule has 0 radical (unpaired) electrons. The van der Waals surface area contributed by atoms with E-state index in [1.807, 2.05) is 30.0 Å². The number of hydrogen-bond donors (Lipinski definition) is 2. The van der Waals surface area contributed by atoms with Crippen molar-refractivity contribution in [3.8, 4) is 0 Å². The molecule has 1 fully saturated rings. The van der Waals surface area contributed by atoms with Crippen LogP contribution in [0.2, 0.25) is 0 Å². The Morgan fingerprint density at radius 1 is 1.33 bits per heavy atom. The number of rotatable bonds is 6. The van der Waals surface area contributed by atoms with Gasteiger partial charge in [0.1, 0.15) is 0 Å². The van der Waals surface area contributed by atoms with Gasteiger partial charge < -0.3 is 10.6 Å². The van der Waals surface area contributed by atoms with E-state index in [1.54, 1.807) is 0 Å². The van der Waals surface area contributed by atoms with E-state index >= 15 is 0 Å². The normalized spacial score (nSPS) is 19.0. The standard InChI is InChI=1S/C17H26N2OS/c1-14(21-2)8-11-19-16(20)17(9-12-18-13-10-17)15-6-4-3-5-7-15/h3-7,14,18H,8-13H2,1-2H3,(H,19,20)/t14-/m1/s1. The first-order chi connectivity index (χ1) is 10.2. The predicted octanol–water partition coefficient (Wildman–Crippen LogP) is 2.57. The van der Waals surface area contributed by atoms with Crippen LogP contribution in [0.5, 0.6) is 0 Å². The van der Waals surface area contributed by atoms with Crippen LogP contribution in [0.4, 0.5) is 0 Å². The Morgan fingerprint density at radius 3 is 2.62 bits per heavy atom. The SMILES string of the molecule is CS[C@H](C)CCNC(=O)C1(c2ccccc2)CCNCC1. The molecule has 1 aliphatic heterocycles. The van der Waals surface area contributed by atoms with E-state index in [-0.39, 0.29) is 11.3 Å². The van der Waals surface area contributed by atoms with E-state index in [0.717, 1.165) is 44.5 Å². The summed E-state index contributed by atoms with van der Waals surface area (Å²) in [5.74, 6) is 0.198. The minimum Gasteiger partial charge on any atom is -0.355 e. The summed E-state index contributed by atoms with van der Waals surface area (Å²) in [4.78, 5) is 12.8. The zero-order valence-electron chi connectivity index (χ0n) is 13.0. The molecule has 116 valence electrons. The van der Waals surface area contributed by atoms with Crippen molar-refractivity contribution in [2.45, 2.75) is 36.9 Å². The van der Waals surface area contributed by atoms with Gasteiger partial charge in [-0.15, -0.1) is 0 Å². The molecule has 2 rings (SSSR count). The average Bonchev–Trinajstić information content (AvgIpc) is 2.56. The molecule has 1 atom stereocenters. The van der Waals surface area contributed by atoms with E-state index in [4.69, 9.17) is 0 Å². The number of nitrogens with one attached hydrogen (secondary N) is 2. The van der Waals surface area contributed by atoms with Crippen molar-refractivity contribution in [1.29, 1.82) is 0 Å². The Balaban J connectivity index is 2.07. The number of hydrogen-bond acceptors (Lipinski definition) is 3. The lowest BCUT2D eigenvalue weighted by Crippen LogP contribution is -2.51. The third-order valence-electron chi connectivity index (χ3n) is 4.46. The second kappa shape index (κ2) is 7.85. The molecule has 1 aromatic rings. The van der Waals surface area contributed by atoms with Crippen molar-refractivity contribution in [1.82, 2.24) is 10.6 Å². The van der Waals surface area contributed by atoms with Crippen molar-refractivity contribution in [2.75, 3.05) is 25.9 Å². The second-order valence-electron chi connectivity index (χ2n) is 5.79. The molecule has 1 aromatic carbocycles. The molecule has 1 amide bonds. The molecule has 1 saturated heterocycles. The van der Waals surface area contributed by atoms with Gasteiger partial charge >= 0.3 is 0 Å². The highest BCUT2D eigenvalue weighted by Crippen LogP contribution is 2.33. The van der Waals surface area contributed by atoms with Gasteiger partial charge in [0, 0.05) is 11.8 Å². The highest BCUT2D eigenvalue weighted by Gasteiger charge is 2.40. The molecule has 0 spiro atoms. The Hall–Kier alpha value is -1.00. The lowest BCUT2D eigenvalue weighted by Gasteiger charge is -2.36. The summed E-state index contributed by atoms with van der Waals surface area (Å²) in [5.41, 5.74) is 0.802. The van der Waals surface area contributed by atoms with Gasteiger partial charge in [-0.2, -0.15) is 11.8 Å². The molecule has 0 unspecified atom stereocenters. The van der Waals surface area contributed by atoms with Crippen LogP contribution in [0.1, 0.15) is 31.7 Å². The molecule has 0 aromatic heterocycles.